The summed E-state index contributed by atoms with van der Waals surface area (Å²) in [6.45, 7) is 3.89. The van der Waals surface area contributed by atoms with Gasteiger partial charge < -0.3 is 10.6 Å². The van der Waals surface area contributed by atoms with Gasteiger partial charge in [-0.3, -0.25) is 14.6 Å². The standard InChI is InChI=1S/C21H18FN3O2/c1-13-9-14(2)11-16(10-13)24-20(26)15-7-8-23-19(12-15)21(27)25-18-6-4-3-5-17(18)22/h3-12H,1-2H3,(H,24,26)(H,25,27). The lowest BCUT2D eigenvalue weighted by atomic mass is 10.1. The molecule has 0 radical (unpaired) electrons. The molecule has 0 spiro atoms. The second-order valence-corrected chi connectivity index (χ2v) is 6.19. The molecule has 0 bridgehead atoms. The summed E-state index contributed by atoms with van der Waals surface area (Å²) < 4.78 is 13.7. The van der Waals surface area contributed by atoms with Crippen LogP contribution in [-0.4, -0.2) is 16.8 Å². The van der Waals surface area contributed by atoms with E-state index >= 15 is 0 Å². The van der Waals surface area contributed by atoms with Crippen LogP contribution in [0.1, 0.15) is 32.0 Å². The Morgan fingerprint density at radius 2 is 1.59 bits per heavy atom. The van der Waals surface area contributed by atoms with Crippen LogP contribution in [0.4, 0.5) is 15.8 Å². The molecule has 1 aromatic heterocycles. The number of para-hydroxylation sites is 1. The van der Waals surface area contributed by atoms with Crippen LogP contribution in [0.3, 0.4) is 0 Å². The number of halogens is 1. The number of amides is 2. The van der Waals surface area contributed by atoms with E-state index in [1.165, 1.54) is 36.5 Å². The van der Waals surface area contributed by atoms with Gasteiger partial charge in [-0.15, -0.1) is 0 Å². The highest BCUT2D eigenvalue weighted by Crippen LogP contribution is 2.16. The van der Waals surface area contributed by atoms with Gasteiger partial charge in [0.15, 0.2) is 0 Å². The van der Waals surface area contributed by atoms with Crippen molar-refractivity contribution in [3.8, 4) is 0 Å². The molecule has 0 saturated carbocycles. The van der Waals surface area contributed by atoms with Gasteiger partial charge in [-0.05, 0) is 61.4 Å². The molecule has 3 rings (SSSR count). The number of aryl methyl sites for hydroxylation is 2. The lowest BCUT2D eigenvalue weighted by Gasteiger charge is -2.09. The highest BCUT2D eigenvalue weighted by Gasteiger charge is 2.14. The van der Waals surface area contributed by atoms with Crippen molar-refractivity contribution in [1.29, 1.82) is 0 Å². The van der Waals surface area contributed by atoms with E-state index in [2.05, 4.69) is 15.6 Å². The fourth-order valence-electron chi connectivity index (χ4n) is 2.69. The second-order valence-electron chi connectivity index (χ2n) is 6.19. The topological polar surface area (TPSA) is 71.1 Å². The zero-order valence-corrected chi connectivity index (χ0v) is 14.9. The molecule has 0 aliphatic rings. The van der Waals surface area contributed by atoms with Crippen LogP contribution in [0.25, 0.3) is 0 Å². The average Bonchev–Trinajstić information content (AvgIpc) is 2.63. The van der Waals surface area contributed by atoms with Crippen LogP contribution in [-0.2, 0) is 0 Å². The van der Waals surface area contributed by atoms with Gasteiger partial charge in [-0.1, -0.05) is 18.2 Å². The SMILES string of the molecule is Cc1cc(C)cc(NC(=O)c2ccnc(C(=O)Nc3ccccc3F)c2)c1. The summed E-state index contributed by atoms with van der Waals surface area (Å²) in [4.78, 5) is 28.8. The zero-order valence-electron chi connectivity index (χ0n) is 14.9. The van der Waals surface area contributed by atoms with Gasteiger partial charge in [-0.25, -0.2) is 4.39 Å². The van der Waals surface area contributed by atoms with Crippen LogP contribution in [0.2, 0.25) is 0 Å². The van der Waals surface area contributed by atoms with E-state index in [0.29, 0.717) is 5.69 Å². The van der Waals surface area contributed by atoms with Gasteiger partial charge in [0.05, 0.1) is 5.69 Å². The fourth-order valence-corrected chi connectivity index (χ4v) is 2.69. The van der Waals surface area contributed by atoms with Crippen molar-refractivity contribution in [2.75, 3.05) is 10.6 Å². The minimum absolute atomic E-state index is 0.0197. The number of carbonyl (C=O) groups excluding carboxylic acids is 2. The number of benzene rings is 2. The summed E-state index contributed by atoms with van der Waals surface area (Å²) >= 11 is 0. The number of nitrogens with zero attached hydrogens (tertiary/aromatic N) is 1. The van der Waals surface area contributed by atoms with Crippen LogP contribution < -0.4 is 10.6 Å². The number of hydrogen-bond donors (Lipinski definition) is 2. The van der Waals surface area contributed by atoms with Crippen LogP contribution in [0, 0.1) is 19.7 Å². The molecule has 6 heteroatoms. The maximum absolute atomic E-state index is 13.7. The molecule has 3 aromatic rings. The Balaban J connectivity index is 1.77. The summed E-state index contributed by atoms with van der Waals surface area (Å²) in [6, 6.07) is 14.4. The van der Waals surface area contributed by atoms with Crippen molar-refractivity contribution in [2.45, 2.75) is 13.8 Å². The number of aromatic nitrogens is 1. The van der Waals surface area contributed by atoms with Gasteiger partial charge in [0, 0.05) is 17.4 Å². The second kappa shape index (κ2) is 7.78. The van der Waals surface area contributed by atoms with E-state index in [0.717, 1.165) is 11.1 Å². The highest BCUT2D eigenvalue weighted by molar-refractivity contribution is 6.07. The van der Waals surface area contributed by atoms with Crippen molar-refractivity contribution in [3.63, 3.8) is 0 Å². The van der Waals surface area contributed by atoms with Crippen molar-refractivity contribution in [3.05, 3.63) is 89.0 Å². The lowest BCUT2D eigenvalue weighted by molar-refractivity contribution is 0.102. The van der Waals surface area contributed by atoms with Gasteiger partial charge in [0.1, 0.15) is 11.5 Å². The number of anilines is 2. The Labute approximate surface area is 156 Å². The summed E-state index contributed by atoms with van der Waals surface area (Å²) in [7, 11) is 0. The first-order chi connectivity index (χ1) is 12.9. The third-order valence-corrected chi connectivity index (χ3v) is 3.86. The molecule has 2 aromatic carbocycles. The quantitative estimate of drug-likeness (QED) is 0.724. The zero-order chi connectivity index (χ0) is 19.4. The Hall–Kier alpha value is -3.54. The van der Waals surface area contributed by atoms with E-state index in [-0.39, 0.29) is 22.9 Å². The minimum Gasteiger partial charge on any atom is -0.322 e. The molecule has 136 valence electrons. The van der Waals surface area contributed by atoms with E-state index in [1.807, 2.05) is 32.0 Å². The maximum Gasteiger partial charge on any atom is 0.274 e. The van der Waals surface area contributed by atoms with Crippen molar-refractivity contribution < 1.29 is 14.0 Å². The van der Waals surface area contributed by atoms with E-state index in [4.69, 9.17) is 0 Å². The molecule has 0 atom stereocenters. The van der Waals surface area contributed by atoms with E-state index < -0.39 is 11.7 Å². The summed E-state index contributed by atoms with van der Waals surface area (Å²) in [5.41, 5.74) is 3.09. The first-order valence-corrected chi connectivity index (χ1v) is 8.34. The van der Waals surface area contributed by atoms with Gasteiger partial charge in [-0.2, -0.15) is 0 Å². The van der Waals surface area contributed by atoms with Crippen molar-refractivity contribution in [1.82, 2.24) is 4.98 Å². The first kappa shape index (κ1) is 18.3. The largest absolute Gasteiger partial charge is 0.322 e. The fraction of sp³-hybridized carbons (Fsp3) is 0.0952. The Morgan fingerprint density at radius 1 is 0.889 bits per heavy atom. The first-order valence-electron chi connectivity index (χ1n) is 8.34. The molecule has 2 N–H and O–H groups in total. The molecule has 5 nitrogen and oxygen atoms in total. The number of carbonyl (C=O) groups is 2. The van der Waals surface area contributed by atoms with Crippen LogP contribution in [0.15, 0.2) is 60.8 Å². The number of nitrogens with one attached hydrogen (secondary N) is 2. The van der Waals surface area contributed by atoms with Crippen molar-refractivity contribution in [2.24, 2.45) is 0 Å². The third-order valence-electron chi connectivity index (χ3n) is 3.86. The molecule has 1 heterocycles. The molecule has 0 saturated heterocycles. The molecule has 0 aliphatic heterocycles. The van der Waals surface area contributed by atoms with E-state index in [9.17, 15) is 14.0 Å². The van der Waals surface area contributed by atoms with Gasteiger partial charge >= 0.3 is 0 Å². The Bertz CT molecular complexity index is 998. The van der Waals surface area contributed by atoms with Crippen LogP contribution >= 0.6 is 0 Å². The van der Waals surface area contributed by atoms with Crippen molar-refractivity contribution >= 4 is 23.2 Å². The molecule has 2 amide bonds. The Kier molecular flexibility index (Phi) is 5.26. The predicted molar refractivity (Wildman–Crippen MR) is 102 cm³/mol. The lowest BCUT2D eigenvalue weighted by Crippen LogP contribution is -2.17. The summed E-state index contributed by atoms with van der Waals surface area (Å²) in [5, 5.41) is 5.26. The molecule has 0 fully saturated rings. The molecular weight excluding hydrogens is 345 g/mol. The maximum atomic E-state index is 13.7. The van der Waals surface area contributed by atoms with Gasteiger partial charge in [0.25, 0.3) is 11.8 Å². The smallest absolute Gasteiger partial charge is 0.274 e. The summed E-state index contributed by atoms with van der Waals surface area (Å²) in [6.07, 6.45) is 1.37. The Morgan fingerprint density at radius 3 is 2.30 bits per heavy atom. The number of pyridine rings is 1. The highest BCUT2D eigenvalue weighted by atomic mass is 19.1. The molecule has 27 heavy (non-hydrogen) atoms. The average molecular weight is 363 g/mol. The third kappa shape index (κ3) is 4.55. The van der Waals surface area contributed by atoms with Gasteiger partial charge in [0.2, 0.25) is 0 Å². The van der Waals surface area contributed by atoms with Crippen LogP contribution in [0.5, 0.6) is 0 Å². The monoisotopic (exact) mass is 363 g/mol. The predicted octanol–water partition coefficient (Wildman–Crippen LogP) is 4.34. The number of hydrogen-bond acceptors (Lipinski definition) is 3. The summed E-state index contributed by atoms with van der Waals surface area (Å²) in [5.74, 6) is -1.50. The molecular formula is C21H18FN3O2. The number of rotatable bonds is 4. The van der Waals surface area contributed by atoms with E-state index in [1.54, 1.807) is 6.07 Å². The molecule has 0 aliphatic carbocycles. The normalized spacial score (nSPS) is 10.3. The minimum atomic E-state index is -0.596. The molecule has 0 unspecified atom stereocenters.